The largest absolute Gasteiger partial charge is 0.478 e. The molecule has 0 unspecified atom stereocenters. The van der Waals surface area contributed by atoms with Crippen LogP contribution in [0.1, 0.15) is 15.9 Å². The molecule has 3 heterocycles. The Balaban J connectivity index is 2.18. The fourth-order valence-electron chi connectivity index (χ4n) is 1.83. The van der Waals surface area contributed by atoms with E-state index in [2.05, 4.69) is 15.1 Å². The molecule has 3 aromatic heterocycles. The van der Waals surface area contributed by atoms with Crippen molar-refractivity contribution in [2.24, 2.45) is 0 Å². The Bertz CT molecular complexity index is 764. The van der Waals surface area contributed by atoms with E-state index in [1.165, 1.54) is 22.2 Å². The van der Waals surface area contributed by atoms with Crippen LogP contribution in [-0.4, -0.2) is 30.8 Å². The van der Waals surface area contributed by atoms with Gasteiger partial charge in [-0.25, -0.2) is 19.4 Å². The predicted molar refractivity (Wildman–Crippen MR) is 74.2 cm³/mol. The summed E-state index contributed by atoms with van der Waals surface area (Å²) in [7, 11) is 0. The van der Waals surface area contributed by atoms with Crippen molar-refractivity contribution in [2.45, 2.75) is 6.92 Å². The van der Waals surface area contributed by atoms with Gasteiger partial charge >= 0.3 is 5.97 Å². The molecule has 3 aromatic rings. The molecule has 0 aromatic carbocycles. The number of carbonyl (C=O) groups is 1. The summed E-state index contributed by atoms with van der Waals surface area (Å²) in [4.78, 5) is 20.4. The Morgan fingerprint density at radius 1 is 1.35 bits per heavy atom. The minimum Gasteiger partial charge on any atom is -0.478 e. The second-order valence-corrected chi connectivity index (χ2v) is 5.04. The van der Waals surface area contributed by atoms with Crippen LogP contribution < -0.4 is 0 Å². The monoisotopic (exact) mass is 286 g/mol. The van der Waals surface area contributed by atoms with Gasteiger partial charge in [-0.3, -0.25) is 0 Å². The molecule has 0 spiro atoms. The first-order chi connectivity index (χ1) is 9.66. The highest BCUT2D eigenvalue weighted by atomic mass is 32.1. The molecule has 1 N–H and O–H groups in total. The number of aryl methyl sites for hydroxylation is 1. The van der Waals surface area contributed by atoms with Gasteiger partial charge < -0.3 is 5.11 Å². The Hall–Kier alpha value is -2.54. The van der Waals surface area contributed by atoms with Crippen LogP contribution in [0.5, 0.6) is 0 Å². The SMILES string of the molecule is Cc1ccsc1-c1nn(-c2ncccn2)cc1C(=O)O. The van der Waals surface area contributed by atoms with Crippen molar-refractivity contribution in [3.63, 3.8) is 0 Å². The van der Waals surface area contributed by atoms with Crippen molar-refractivity contribution in [1.29, 1.82) is 0 Å². The quantitative estimate of drug-likeness (QED) is 0.799. The van der Waals surface area contributed by atoms with Gasteiger partial charge in [0.25, 0.3) is 0 Å². The van der Waals surface area contributed by atoms with Crippen molar-refractivity contribution >= 4 is 17.3 Å². The van der Waals surface area contributed by atoms with Crippen molar-refractivity contribution in [2.75, 3.05) is 0 Å². The summed E-state index contributed by atoms with van der Waals surface area (Å²) in [5, 5.41) is 15.6. The fraction of sp³-hybridized carbons (Fsp3) is 0.0769. The van der Waals surface area contributed by atoms with Crippen molar-refractivity contribution in [1.82, 2.24) is 19.7 Å². The summed E-state index contributed by atoms with van der Waals surface area (Å²) < 4.78 is 1.39. The Morgan fingerprint density at radius 3 is 2.70 bits per heavy atom. The van der Waals surface area contributed by atoms with Gasteiger partial charge in [-0.1, -0.05) is 0 Å². The van der Waals surface area contributed by atoms with E-state index in [4.69, 9.17) is 0 Å². The lowest BCUT2D eigenvalue weighted by Crippen LogP contribution is -2.00. The van der Waals surface area contributed by atoms with Crippen molar-refractivity contribution in [3.8, 4) is 16.5 Å². The highest BCUT2D eigenvalue weighted by Crippen LogP contribution is 2.30. The number of carboxylic acids is 1. The van der Waals surface area contributed by atoms with Crippen LogP contribution in [0, 0.1) is 6.92 Å². The van der Waals surface area contributed by atoms with Crippen LogP contribution in [0.15, 0.2) is 36.1 Å². The predicted octanol–water partition coefficient (Wildman–Crippen LogP) is 2.40. The van der Waals surface area contributed by atoms with E-state index in [1.54, 1.807) is 18.5 Å². The molecular weight excluding hydrogens is 276 g/mol. The lowest BCUT2D eigenvalue weighted by atomic mass is 10.2. The van der Waals surface area contributed by atoms with Crippen LogP contribution in [0.3, 0.4) is 0 Å². The zero-order valence-corrected chi connectivity index (χ0v) is 11.3. The number of nitrogens with zero attached hydrogens (tertiary/aromatic N) is 4. The van der Waals surface area contributed by atoms with Crippen LogP contribution >= 0.6 is 11.3 Å². The van der Waals surface area contributed by atoms with Gasteiger partial charge in [0.2, 0.25) is 5.95 Å². The van der Waals surface area contributed by atoms with E-state index in [1.807, 2.05) is 18.4 Å². The molecule has 0 saturated heterocycles. The van der Waals surface area contributed by atoms with Crippen molar-refractivity contribution in [3.05, 3.63) is 47.2 Å². The van der Waals surface area contributed by atoms with Crippen molar-refractivity contribution < 1.29 is 9.90 Å². The molecular formula is C13H10N4O2S. The second kappa shape index (κ2) is 4.86. The minimum atomic E-state index is -1.02. The second-order valence-electron chi connectivity index (χ2n) is 4.12. The van der Waals surface area contributed by atoms with E-state index in [9.17, 15) is 9.90 Å². The maximum Gasteiger partial charge on any atom is 0.339 e. The zero-order valence-electron chi connectivity index (χ0n) is 10.5. The first-order valence-electron chi connectivity index (χ1n) is 5.81. The lowest BCUT2D eigenvalue weighted by molar-refractivity contribution is 0.0697. The zero-order chi connectivity index (χ0) is 14.1. The smallest absolute Gasteiger partial charge is 0.339 e. The molecule has 0 aliphatic rings. The molecule has 0 aliphatic carbocycles. The molecule has 0 saturated carbocycles. The van der Waals surface area contributed by atoms with E-state index in [-0.39, 0.29) is 5.56 Å². The van der Waals surface area contributed by atoms with Crippen LogP contribution in [0.4, 0.5) is 0 Å². The van der Waals surface area contributed by atoms with Gasteiger partial charge in [0.1, 0.15) is 11.3 Å². The Labute approximate surface area is 118 Å². The molecule has 0 atom stereocenters. The number of thiophene rings is 1. The highest BCUT2D eigenvalue weighted by molar-refractivity contribution is 7.13. The molecule has 0 bridgehead atoms. The van der Waals surface area contributed by atoms with E-state index < -0.39 is 5.97 Å². The maximum atomic E-state index is 11.4. The average molecular weight is 286 g/mol. The van der Waals surface area contributed by atoms with Gasteiger partial charge in [-0.2, -0.15) is 5.10 Å². The molecule has 7 heteroatoms. The highest BCUT2D eigenvalue weighted by Gasteiger charge is 2.20. The number of rotatable bonds is 3. The average Bonchev–Trinajstić information content (AvgIpc) is 3.05. The van der Waals surface area contributed by atoms with E-state index >= 15 is 0 Å². The minimum absolute atomic E-state index is 0.142. The number of hydrogen-bond acceptors (Lipinski definition) is 5. The summed E-state index contributed by atoms with van der Waals surface area (Å²) in [6, 6.07) is 3.62. The van der Waals surface area contributed by atoms with Gasteiger partial charge in [0.05, 0.1) is 4.88 Å². The molecule has 0 radical (unpaired) electrons. The third-order valence-corrected chi connectivity index (χ3v) is 3.80. The van der Waals surface area contributed by atoms with Gasteiger partial charge in [-0.05, 0) is 30.0 Å². The molecule has 6 nitrogen and oxygen atoms in total. The van der Waals surface area contributed by atoms with Crippen LogP contribution in [0.2, 0.25) is 0 Å². The molecule has 0 aliphatic heterocycles. The standard InChI is InChI=1S/C13H10N4O2S/c1-8-3-6-20-11(8)10-9(12(18)19)7-17(16-10)13-14-4-2-5-15-13/h2-7H,1H3,(H,18,19). The fourth-order valence-corrected chi connectivity index (χ4v) is 2.75. The topological polar surface area (TPSA) is 80.9 Å². The van der Waals surface area contributed by atoms with Gasteiger partial charge in [-0.15, -0.1) is 11.3 Å². The lowest BCUT2D eigenvalue weighted by Gasteiger charge is -1.97. The third-order valence-electron chi connectivity index (χ3n) is 2.78. The number of aromatic carboxylic acids is 1. The first kappa shape index (κ1) is 12.5. The van der Waals surface area contributed by atoms with Crippen LogP contribution in [-0.2, 0) is 0 Å². The molecule has 0 amide bonds. The molecule has 100 valence electrons. The molecule has 20 heavy (non-hydrogen) atoms. The first-order valence-corrected chi connectivity index (χ1v) is 6.69. The number of carboxylic acid groups (broad SMARTS) is 1. The number of aromatic nitrogens is 4. The summed E-state index contributed by atoms with van der Waals surface area (Å²) >= 11 is 1.46. The third kappa shape index (κ3) is 2.08. The summed E-state index contributed by atoms with van der Waals surface area (Å²) in [6.07, 6.45) is 4.60. The summed E-state index contributed by atoms with van der Waals surface area (Å²) in [5.74, 6) is -0.676. The van der Waals surface area contributed by atoms with E-state index in [0.717, 1.165) is 10.4 Å². The molecule has 3 rings (SSSR count). The van der Waals surface area contributed by atoms with Gasteiger partial charge in [0.15, 0.2) is 0 Å². The Kier molecular flexibility index (Phi) is 3.03. The van der Waals surface area contributed by atoms with E-state index in [0.29, 0.717) is 11.6 Å². The van der Waals surface area contributed by atoms with Gasteiger partial charge in [0, 0.05) is 18.6 Å². The summed E-state index contributed by atoms with van der Waals surface area (Å²) in [6.45, 7) is 1.93. The normalized spacial score (nSPS) is 10.7. The Morgan fingerprint density at radius 2 is 2.10 bits per heavy atom. The summed E-state index contributed by atoms with van der Waals surface area (Å²) in [5.41, 5.74) is 1.58. The maximum absolute atomic E-state index is 11.4. The van der Waals surface area contributed by atoms with Crippen LogP contribution in [0.25, 0.3) is 16.5 Å². The number of hydrogen-bond donors (Lipinski definition) is 1. The molecule has 0 fully saturated rings.